The van der Waals surface area contributed by atoms with E-state index < -0.39 is 0 Å². The summed E-state index contributed by atoms with van der Waals surface area (Å²) in [5, 5.41) is 0. The quantitative estimate of drug-likeness (QED) is 0.494. The zero-order valence-corrected chi connectivity index (χ0v) is 13.0. The molecule has 2 N–H and O–H groups in total. The normalized spacial score (nSPS) is 10.1. The van der Waals surface area contributed by atoms with Gasteiger partial charge in [-0.05, 0) is 35.9 Å². The van der Waals surface area contributed by atoms with E-state index in [0.717, 1.165) is 15.8 Å². The smallest absolute Gasteiger partial charge is 0.310 e. The molecule has 0 amide bonds. The number of halogens is 1. The van der Waals surface area contributed by atoms with Crippen molar-refractivity contribution in [3.05, 3.63) is 58.6 Å². The van der Waals surface area contributed by atoms with Gasteiger partial charge in [-0.25, -0.2) is 0 Å². The van der Waals surface area contributed by atoms with Gasteiger partial charge in [0.1, 0.15) is 19.0 Å². The molecule has 0 aliphatic carbocycles. The van der Waals surface area contributed by atoms with Crippen LogP contribution in [0.5, 0.6) is 5.75 Å². The zero-order chi connectivity index (χ0) is 15.1. The Bertz CT molecular complexity index is 599. The summed E-state index contributed by atoms with van der Waals surface area (Å²) in [5.74, 6) is 0.455. The van der Waals surface area contributed by atoms with Gasteiger partial charge < -0.3 is 15.2 Å². The van der Waals surface area contributed by atoms with Crippen molar-refractivity contribution >= 4 is 27.6 Å². The van der Waals surface area contributed by atoms with Crippen LogP contribution in [0.3, 0.4) is 0 Å². The number of hydrogen-bond acceptors (Lipinski definition) is 4. The van der Waals surface area contributed by atoms with Crippen LogP contribution < -0.4 is 10.5 Å². The topological polar surface area (TPSA) is 61.6 Å². The monoisotopic (exact) mass is 349 g/mol. The first-order valence-corrected chi connectivity index (χ1v) is 7.31. The van der Waals surface area contributed by atoms with E-state index >= 15 is 0 Å². The van der Waals surface area contributed by atoms with Crippen LogP contribution >= 0.6 is 15.9 Å². The molecule has 5 heteroatoms. The fourth-order valence-corrected chi connectivity index (χ4v) is 2.10. The number of ether oxygens (including phenoxy) is 2. The minimum absolute atomic E-state index is 0.223. The molecule has 21 heavy (non-hydrogen) atoms. The molecular formula is C16H16BrNO3. The lowest BCUT2D eigenvalue weighted by Crippen LogP contribution is -2.14. The van der Waals surface area contributed by atoms with E-state index in [0.29, 0.717) is 12.3 Å². The Morgan fingerprint density at radius 3 is 2.57 bits per heavy atom. The first-order valence-electron chi connectivity index (χ1n) is 6.52. The fourth-order valence-electron chi connectivity index (χ4n) is 1.72. The number of rotatable bonds is 6. The molecule has 0 aliphatic rings. The molecule has 0 spiro atoms. The summed E-state index contributed by atoms with van der Waals surface area (Å²) in [6.45, 7) is 0.546. The highest BCUT2D eigenvalue weighted by Crippen LogP contribution is 2.17. The van der Waals surface area contributed by atoms with E-state index in [-0.39, 0.29) is 19.0 Å². The van der Waals surface area contributed by atoms with E-state index in [2.05, 4.69) is 15.9 Å². The van der Waals surface area contributed by atoms with Gasteiger partial charge in [-0.1, -0.05) is 34.1 Å². The van der Waals surface area contributed by atoms with Crippen molar-refractivity contribution in [3.63, 3.8) is 0 Å². The standard InChI is InChI=1S/C16H16BrNO3/c17-13-2-1-3-15(11-13)20-8-9-21-16(19)10-12-4-6-14(18)7-5-12/h1-7,11H,8-10,18H2. The average Bonchev–Trinajstić information content (AvgIpc) is 2.46. The van der Waals surface area contributed by atoms with E-state index in [9.17, 15) is 4.79 Å². The molecule has 4 nitrogen and oxygen atoms in total. The Morgan fingerprint density at radius 1 is 1.10 bits per heavy atom. The minimum atomic E-state index is -0.280. The van der Waals surface area contributed by atoms with Gasteiger partial charge in [-0.15, -0.1) is 0 Å². The van der Waals surface area contributed by atoms with E-state index in [4.69, 9.17) is 15.2 Å². The van der Waals surface area contributed by atoms with E-state index in [1.54, 1.807) is 12.1 Å². The molecule has 0 aromatic heterocycles. The molecule has 0 saturated carbocycles. The summed E-state index contributed by atoms with van der Waals surface area (Å²) in [6.07, 6.45) is 0.233. The van der Waals surface area contributed by atoms with Crippen molar-refractivity contribution in [1.82, 2.24) is 0 Å². The van der Waals surface area contributed by atoms with Crippen LogP contribution in [0.4, 0.5) is 5.69 Å². The number of benzene rings is 2. The maximum Gasteiger partial charge on any atom is 0.310 e. The third-order valence-corrected chi connectivity index (χ3v) is 3.23. The lowest BCUT2D eigenvalue weighted by molar-refractivity contribution is -0.143. The van der Waals surface area contributed by atoms with Gasteiger partial charge in [0, 0.05) is 10.2 Å². The van der Waals surface area contributed by atoms with Crippen LogP contribution in [-0.2, 0) is 16.0 Å². The van der Waals surface area contributed by atoms with E-state index in [1.807, 2.05) is 36.4 Å². The Labute approximate surface area is 132 Å². The lowest BCUT2D eigenvalue weighted by Gasteiger charge is -2.08. The Kier molecular flexibility index (Phi) is 5.63. The molecule has 0 heterocycles. The second kappa shape index (κ2) is 7.69. The summed E-state index contributed by atoms with van der Waals surface area (Å²) in [7, 11) is 0. The largest absolute Gasteiger partial charge is 0.490 e. The average molecular weight is 350 g/mol. The summed E-state index contributed by atoms with van der Waals surface area (Å²) >= 11 is 3.36. The van der Waals surface area contributed by atoms with Gasteiger partial charge in [0.2, 0.25) is 0 Å². The molecule has 0 saturated heterocycles. The van der Waals surface area contributed by atoms with Crippen LogP contribution in [0.25, 0.3) is 0 Å². The number of nitrogen functional groups attached to an aromatic ring is 1. The molecule has 0 aliphatic heterocycles. The third kappa shape index (κ3) is 5.47. The van der Waals surface area contributed by atoms with Crippen LogP contribution in [0.1, 0.15) is 5.56 Å². The Morgan fingerprint density at radius 2 is 1.86 bits per heavy atom. The third-order valence-electron chi connectivity index (χ3n) is 2.74. The van der Waals surface area contributed by atoms with Crippen molar-refractivity contribution in [2.45, 2.75) is 6.42 Å². The number of hydrogen-bond donors (Lipinski definition) is 1. The van der Waals surface area contributed by atoms with E-state index in [1.165, 1.54) is 0 Å². The minimum Gasteiger partial charge on any atom is -0.490 e. The van der Waals surface area contributed by atoms with Gasteiger partial charge in [-0.2, -0.15) is 0 Å². The number of carbonyl (C=O) groups is 1. The highest BCUT2D eigenvalue weighted by atomic mass is 79.9. The molecule has 110 valence electrons. The molecule has 0 bridgehead atoms. The first-order chi connectivity index (χ1) is 10.1. The second-order valence-corrected chi connectivity index (χ2v) is 5.36. The highest BCUT2D eigenvalue weighted by Gasteiger charge is 2.05. The van der Waals surface area contributed by atoms with Gasteiger partial charge in [0.05, 0.1) is 6.42 Å². The summed E-state index contributed by atoms with van der Waals surface area (Å²) in [5.41, 5.74) is 7.14. The molecule has 0 unspecified atom stereocenters. The van der Waals surface area contributed by atoms with Crippen LogP contribution in [0, 0.1) is 0 Å². The summed E-state index contributed by atoms with van der Waals surface area (Å²) < 4.78 is 11.5. The maximum absolute atomic E-state index is 11.6. The first kappa shape index (κ1) is 15.4. The molecule has 2 aromatic rings. The molecule has 2 aromatic carbocycles. The predicted octanol–water partition coefficient (Wildman–Crippen LogP) is 3.20. The second-order valence-electron chi connectivity index (χ2n) is 4.44. The van der Waals surface area contributed by atoms with Crippen molar-refractivity contribution in [2.24, 2.45) is 0 Å². The maximum atomic E-state index is 11.6. The number of carbonyl (C=O) groups excluding carboxylic acids is 1. The molecule has 0 fully saturated rings. The zero-order valence-electron chi connectivity index (χ0n) is 11.4. The van der Waals surface area contributed by atoms with Crippen molar-refractivity contribution in [1.29, 1.82) is 0 Å². The summed E-state index contributed by atoms with van der Waals surface area (Å²) in [4.78, 5) is 11.6. The Balaban J connectivity index is 1.68. The van der Waals surface area contributed by atoms with Crippen LogP contribution in [0.2, 0.25) is 0 Å². The van der Waals surface area contributed by atoms with Crippen molar-refractivity contribution < 1.29 is 14.3 Å². The van der Waals surface area contributed by atoms with Gasteiger partial charge in [-0.3, -0.25) is 4.79 Å². The number of nitrogens with two attached hydrogens (primary N) is 1. The van der Waals surface area contributed by atoms with Gasteiger partial charge in [0.15, 0.2) is 0 Å². The molecule has 0 atom stereocenters. The van der Waals surface area contributed by atoms with Crippen molar-refractivity contribution in [2.75, 3.05) is 18.9 Å². The summed E-state index contributed by atoms with van der Waals surface area (Å²) in [6, 6.07) is 14.7. The van der Waals surface area contributed by atoms with Crippen LogP contribution in [-0.4, -0.2) is 19.2 Å². The van der Waals surface area contributed by atoms with Gasteiger partial charge in [0.25, 0.3) is 0 Å². The predicted molar refractivity (Wildman–Crippen MR) is 85.2 cm³/mol. The molecule has 0 radical (unpaired) electrons. The molecular weight excluding hydrogens is 334 g/mol. The molecule has 2 rings (SSSR count). The Hall–Kier alpha value is -2.01. The van der Waals surface area contributed by atoms with Crippen LogP contribution in [0.15, 0.2) is 53.0 Å². The SMILES string of the molecule is Nc1ccc(CC(=O)OCCOc2cccc(Br)c2)cc1. The highest BCUT2D eigenvalue weighted by molar-refractivity contribution is 9.10. The lowest BCUT2D eigenvalue weighted by atomic mass is 10.1. The van der Waals surface area contributed by atoms with Crippen molar-refractivity contribution in [3.8, 4) is 5.75 Å². The number of anilines is 1. The number of esters is 1. The fraction of sp³-hybridized carbons (Fsp3) is 0.188. The van der Waals surface area contributed by atoms with Gasteiger partial charge >= 0.3 is 5.97 Å².